The molecule has 2 atom stereocenters. The lowest BCUT2D eigenvalue weighted by molar-refractivity contribution is 0.0599. The first kappa shape index (κ1) is 20.0. The van der Waals surface area contributed by atoms with Crippen LogP contribution in [-0.4, -0.2) is 73.9 Å². The van der Waals surface area contributed by atoms with Crippen molar-refractivity contribution in [3.8, 4) is 0 Å². The maximum absolute atomic E-state index is 6.27. The first-order valence-electron chi connectivity index (χ1n) is 10.7. The van der Waals surface area contributed by atoms with Gasteiger partial charge in [0, 0.05) is 58.1 Å². The van der Waals surface area contributed by atoms with Crippen molar-refractivity contribution in [1.29, 1.82) is 0 Å². The van der Waals surface area contributed by atoms with Gasteiger partial charge in [-0.1, -0.05) is 17.7 Å². The number of nitrogens with two attached hydrogens (primary N) is 1. The summed E-state index contributed by atoms with van der Waals surface area (Å²) in [5.41, 5.74) is 8.11. The van der Waals surface area contributed by atoms with Crippen molar-refractivity contribution >= 4 is 11.6 Å². The van der Waals surface area contributed by atoms with E-state index >= 15 is 0 Å². The zero-order valence-electron chi connectivity index (χ0n) is 17.9. The van der Waals surface area contributed by atoms with Gasteiger partial charge in [-0.3, -0.25) is 4.90 Å². The molecule has 7 heteroatoms. The third kappa shape index (κ3) is 4.51. The van der Waals surface area contributed by atoms with Crippen LogP contribution in [0.25, 0.3) is 0 Å². The second-order valence-electron chi connectivity index (χ2n) is 8.57. The van der Waals surface area contributed by atoms with E-state index in [-0.39, 0.29) is 0 Å². The van der Waals surface area contributed by atoms with Crippen LogP contribution in [0.3, 0.4) is 0 Å². The van der Waals surface area contributed by atoms with E-state index in [9.17, 15) is 0 Å². The van der Waals surface area contributed by atoms with Gasteiger partial charge in [0.15, 0.2) is 5.66 Å². The number of hydrogen-bond acceptors (Lipinski definition) is 7. The molecule has 3 heterocycles. The van der Waals surface area contributed by atoms with Crippen molar-refractivity contribution in [2.45, 2.75) is 38.5 Å². The number of nitrogens with zero attached hydrogens (tertiary/aromatic N) is 4. The molecule has 0 amide bonds. The molecule has 158 valence electrons. The van der Waals surface area contributed by atoms with Crippen LogP contribution in [0.1, 0.15) is 25.3 Å². The molecule has 2 unspecified atom stereocenters. The number of hydrogen-bond donors (Lipinski definition) is 2. The number of guanidine groups is 1. The van der Waals surface area contributed by atoms with Crippen LogP contribution < -0.4 is 16.0 Å². The van der Waals surface area contributed by atoms with E-state index in [1.807, 2.05) is 6.08 Å². The topological polar surface area (TPSA) is 69.4 Å². The number of nitrogens with one attached hydrogen (secondary N) is 1. The summed E-state index contributed by atoms with van der Waals surface area (Å²) in [6.45, 7) is 10.1. The number of aryl methyl sites for hydroxylation is 1. The number of rotatable bonds is 4. The Morgan fingerprint density at radius 3 is 2.62 bits per heavy atom. The molecule has 0 radical (unpaired) electrons. The summed E-state index contributed by atoms with van der Waals surface area (Å²) >= 11 is 0. The van der Waals surface area contributed by atoms with Crippen molar-refractivity contribution in [3.63, 3.8) is 0 Å². The number of anilines is 1. The molecule has 3 aliphatic rings. The fraction of sp³-hybridized carbons (Fsp3) is 0.591. The van der Waals surface area contributed by atoms with Crippen LogP contribution in [-0.2, 0) is 4.74 Å². The van der Waals surface area contributed by atoms with Gasteiger partial charge in [-0.05, 0) is 38.8 Å². The van der Waals surface area contributed by atoms with E-state index in [1.54, 1.807) is 0 Å². The van der Waals surface area contributed by atoms with Crippen LogP contribution in [0.2, 0.25) is 0 Å². The highest BCUT2D eigenvalue weighted by atomic mass is 16.5. The predicted molar refractivity (Wildman–Crippen MR) is 118 cm³/mol. The minimum atomic E-state index is -0.533. The summed E-state index contributed by atoms with van der Waals surface area (Å²) in [6, 6.07) is 8.51. The molecule has 2 fully saturated rings. The normalized spacial score (nSPS) is 28.0. The first-order valence-corrected chi connectivity index (χ1v) is 10.7. The molecule has 2 saturated heterocycles. The van der Waals surface area contributed by atoms with E-state index in [1.165, 1.54) is 18.4 Å². The third-order valence-corrected chi connectivity index (χ3v) is 6.28. The van der Waals surface area contributed by atoms with E-state index in [4.69, 9.17) is 15.5 Å². The monoisotopic (exact) mass is 398 g/mol. The Morgan fingerprint density at radius 1 is 1.24 bits per heavy atom. The predicted octanol–water partition coefficient (Wildman–Crippen LogP) is 1.70. The van der Waals surface area contributed by atoms with Gasteiger partial charge < -0.3 is 25.6 Å². The summed E-state index contributed by atoms with van der Waals surface area (Å²) in [5, 5.41) is 3.29. The Kier molecular flexibility index (Phi) is 5.69. The third-order valence-electron chi connectivity index (χ3n) is 6.28. The highest BCUT2D eigenvalue weighted by molar-refractivity contribution is 5.84. The largest absolute Gasteiger partial charge is 0.385 e. The Hall–Kier alpha value is -2.25. The van der Waals surface area contributed by atoms with Crippen LogP contribution in [0.5, 0.6) is 0 Å². The standard InChI is InChI=1S/C22H34N6O/c1-17-6-8-18(9-7-17)26(3)22(2)15-20(23)24-21(25-22)28-12-10-27(11-13-28)16-19-5-4-14-29-19/h6-9,15,19H,4-5,10-14,16,23H2,1-3H3,(H,24,25). The molecule has 3 aliphatic heterocycles. The molecule has 0 aromatic heterocycles. The summed E-state index contributed by atoms with van der Waals surface area (Å²) < 4.78 is 5.80. The summed E-state index contributed by atoms with van der Waals surface area (Å²) in [7, 11) is 2.07. The van der Waals surface area contributed by atoms with Crippen LogP contribution in [0, 0.1) is 6.92 Å². The number of ether oxygens (including phenoxy) is 1. The molecule has 0 bridgehead atoms. The minimum Gasteiger partial charge on any atom is -0.385 e. The van der Waals surface area contributed by atoms with Crippen LogP contribution in [0.4, 0.5) is 5.69 Å². The Balaban J connectivity index is 1.43. The second kappa shape index (κ2) is 8.24. The average molecular weight is 399 g/mol. The van der Waals surface area contributed by atoms with Crippen molar-refractivity contribution in [3.05, 3.63) is 41.7 Å². The molecule has 29 heavy (non-hydrogen) atoms. The van der Waals surface area contributed by atoms with Gasteiger partial charge in [0.1, 0.15) is 5.82 Å². The van der Waals surface area contributed by atoms with E-state index < -0.39 is 5.66 Å². The van der Waals surface area contributed by atoms with Gasteiger partial charge in [0.05, 0.1) is 6.10 Å². The smallest absolute Gasteiger partial charge is 0.202 e. The van der Waals surface area contributed by atoms with Crippen LogP contribution >= 0.6 is 0 Å². The van der Waals surface area contributed by atoms with Gasteiger partial charge in [0.25, 0.3) is 0 Å². The fourth-order valence-corrected chi connectivity index (χ4v) is 4.30. The van der Waals surface area contributed by atoms with E-state index in [0.717, 1.165) is 51.0 Å². The molecule has 1 aromatic rings. The maximum atomic E-state index is 6.27. The van der Waals surface area contributed by atoms with Gasteiger partial charge in [-0.2, -0.15) is 0 Å². The highest BCUT2D eigenvalue weighted by Gasteiger charge is 2.33. The number of benzene rings is 1. The maximum Gasteiger partial charge on any atom is 0.202 e. The molecule has 4 rings (SSSR count). The molecule has 3 N–H and O–H groups in total. The zero-order valence-corrected chi connectivity index (χ0v) is 17.9. The van der Waals surface area contributed by atoms with E-state index in [0.29, 0.717) is 11.9 Å². The fourth-order valence-electron chi connectivity index (χ4n) is 4.30. The van der Waals surface area contributed by atoms with Gasteiger partial charge >= 0.3 is 0 Å². The summed E-state index contributed by atoms with van der Waals surface area (Å²) in [4.78, 5) is 12.1. The summed E-state index contributed by atoms with van der Waals surface area (Å²) in [5.74, 6) is 1.52. The molecule has 7 nitrogen and oxygen atoms in total. The number of aliphatic imine (C=N–C) groups is 1. The lowest BCUT2D eigenvalue weighted by atomic mass is 10.1. The van der Waals surface area contributed by atoms with Crippen LogP contribution in [0.15, 0.2) is 41.2 Å². The lowest BCUT2D eigenvalue weighted by Gasteiger charge is -2.42. The molecular formula is C22H34N6O. The van der Waals surface area contributed by atoms with Crippen molar-refractivity contribution < 1.29 is 4.74 Å². The lowest BCUT2D eigenvalue weighted by Crippen LogP contribution is -2.57. The summed E-state index contributed by atoms with van der Waals surface area (Å²) in [6.07, 6.45) is 4.80. The molecule has 0 aliphatic carbocycles. The molecular weight excluding hydrogens is 364 g/mol. The SMILES string of the molecule is Cc1ccc(N(C)C2(C)C=C(N)NC(N3CCN(CC4CCCO4)CC3)=N2)cc1. The minimum absolute atomic E-state index is 0.414. The van der Waals surface area contributed by atoms with Gasteiger partial charge in [0.2, 0.25) is 5.96 Å². The Morgan fingerprint density at radius 2 is 1.97 bits per heavy atom. The van der Waals surface area contributed by atoms with E-state index in [2.05, 4.69) is 65.2 Å². The average Bonchev–Trinajstić information content (AvgIpc) is 3.21. The second-order valence-corrected chi connectivity index (χ2v) is 8.57. The van der Waals surface area contributed by atoms with Crippen molar-refractivity contribution in [2.75, 3.05) is 51.3 Å². The Labute approximate surface area is 174 Å². The zero-order chi connectivity index (χ0) is 20.4. The highest BCUT2D eigenvalue weighted by Crippen LogP contribution is 2.28. The van der Waals surface area contributed by atoms with Gasteiger partial charge in [-0.25, -0.2) is 4.99 Å². The van der Waals surface area contributed by atoms with Gasteiger partial charge in [-0.15, -0.1) is 0 Å². The van der Waals surface area contributed by atoms with Crippen molar-refractivity contribution in [1.82, 2.24) is 15.1 Å². The number of likely N-dealkylation sites (N-methyl/N-ethyl adjacent to an activating group) is 1. The van der Waals surface area contributed by atoms with Crippen molar-refractivity contribution in [2.24, 2.45) is 10.7 Å². The molecule has 1 aromatic carbocycles. The Bertz CT molecular complexity index is 762. The number of piperazine rings is 1. The quantitative estimate of drug-likeness (QED) is 0.805. The molecule has 0 spiro atoms. The molecule has 0 saturated carbocycles. The first-order chi connectivity index (χ1) is 13.9.